The van der Waals surface area contributed by atoms with Crippen LogP contribution in [-0.4, -0.2) is 50.1 Å². The molecule has 2 aliphatic rings. The molecule has 1 atom stereocenters. The van der Waals surface area contributed by atoms with Crippen molar-refractivity contribution in [3.8, 4) is 11.5 Å². The Hall–Kier alpha value is -2.87. The van der Waals surface area contributed by atoms with E-state index in [9.17, 15) is 8.42 Å². The van der Waals surface area contributed by atoms with Gasteiger partial charge in [0.05, 0.1) is 10.9 Å². The van der Waals surface area contributed by atoms with E-state index in [0.717, 1.165) is 41.3 Å². The molecule has 196 valence electrons. The van der Waals surface area contributed by atoms with Crippen LogP contribution >= 0.6 is 0 Å². The number of para-hydroxylation sites is 1. The van der Waals surface area contributed by atoms with Crippen LogP contribution in [0.1, 0.15) is 42.4 Å². The number of nitrogens with zero attached hydrogens (tertiary/aromatic N) is 2. The predicted octanol–water partition coefficient (Wildman–Crippen LogP) is 5.40. The van der Waals surface area contributed by atoms with Crippen molar-refractivity contribution in [2.45, 2.75) is 56.5 Å². The van der Waals surface area contributed by atoms with Crippen molar-refractivity contribution in [1.29, 1.82) is 0 Å². The minimum atomic E-state index is -3.72. The molecule has 2 aliphatic heterocycles. The molecule has 0 radical (unpaired) electrons. The van der Waals surface area contributed by atoms with E-state index in [1.165, 1.54) is 25.7 Å². The molecule has 7 heteroatoms. The van der Waals surface area contributed by atoms with Gasteiger partial charge in [0, 0.05) is 25.2 Å². The third kappa shape index (κ3) is 6.35. The van der Waals surface area contributed by atoms with E-state index in [1.807, 2.05) is 67.6 Å². The molecule has 5 rings (SSSR count). The average Bonchev–Trinajstić information content (AvgIpc) is 3.28. The number of fused-ring (bicyclic) bond motifs is 1. The van der Waals surface area contributed by atoms with Crippen molar-refractivity contribution in [3.63, 3.8) is 0 Å². The number of sulfonamides is 1. The molecule has 3 aromatic rings. The second kappa shape index (κ2) is 11.7. The molecule has 3 aromatic carbocycles. The van der Waals surface area contributed by atoms with Gasteiger partial charge in [0.15, 0.2) is 0 Å². The Morgan fingerprint density at radius 1 is 0.892 bits per heavy atom. The number of likely N-dealkylation sites (tertiary alicyclic amines) is 1. The van der Waals surface area contributed by atoms with Crippen LogP contribution in [0.25, 0.3) is 0 Å². The summed E-state index contributed by atoms with van der Waals surface area (Å²) in [7, 11) is -3.72. The zero-order valence-electron chi connectivity index (χ0n) is 21.5. The summed E-state index contributed by atoms with van der Waals surface area (Å²) < 4.78 is 41.4. The van der Waals surface area contributed by atoms with E-state index in [2.05, 4.69) is 4.90 Å². The van der Waals surface area contributed by atoms with Gasteiger partial charge in [0.25, 0.3) is 0 Å². The van der Waals surface area contributed by atoms with Gasteiger partial charge in [-0.15, -0.1) is 0 Å². The van der Waals surface area contributed by atoms with E-state index in [-0.39, 0.29) is 19.2 Å². The molecule has 0 bridgehead atoms. The first-order chi connectivity index (χ1) is 18.0. The Labute approximate surface area is 220 Å². The van der Waals surface area contributed by atoms with Crippen LogP contribution in [0, 0.1) is 6.92 Å². The predicted molar refractivity (Wildman–Crippen MR) is 145 cm³/mol. The van der Waals surface area contributed by atoms with Crippen molar-refractivity contribution in [2.75, 3.05) is 26.4 Å². The highest BCUT2D eigenvalue weighted by Crippen LogP contribution is 2.31. The van der Waals surface area contributed by atoms with E-state index < -0.39 is 10.0 Å². The number of aryl methyl sites for hydroxylation is 1. The number of hydrogen-bond acceptors (Lipinski definition) is 5. The largest absolute Gasteiger partial charge is 0.492 e. The Morgan fingerprint density at radius 3 is 2.32 bits per heavy atom. The quantitative estimate of drug-likeness (QED) is 0.417. The molecule has 1 saturated heterocycles. The van der Waals surface area contributed by atoms with Crippen LogP contribution in [0.3, 0.4) is 0 Å². The van der Waals surface area contributed by atoms with Crippen molar-refractivity contribution in [2.24, 2.45) is 0 Å². The van der Waals surface area contributed by atoms with Gasteiger partial charge in [-0.1, -0.05) is 60.9 Å². The van der Waals surface area contributed by atoms with E-state index in [0.29, 0.717) is 18.0 Å². The van der Waals surface area contributed by atoms with Crippen LogP contribution in [0.15, 0.2) is 77.7 Å². The highest BCUT2D eigenvalue weighted by Gasteiger charge is 2.35. The standard InChI is InChI=1S/C30H36N2O4S/c1-24-10-16-29(17-11-24)37(33,34)32-21-26-8-4-5-9-30(26)35-22-27(32)20-25-12-14-28(15-13-25)36-23-31-18-6-2-3-7-19-31/h4-5,8-17,27H,2-3,6-7,18-23H2,1H3/t27-/m0/s1. The molecule has 0 saturated carbocycles. The number of rotatable bonds is 7. The third-order valence-corrected chi connectivity index (χ3v) is 9.18. The van der Waals surface area contributed by atoms with Crippen molar-refractivity contribution in [1.82, 2.24) is 9.21 Å². The first-order valence-electron chi connectivity index (χ1n) is 13.2. The summed E-state index contributed by atoms with van der Waals surface area (Å²) in [6, 6.07) is 22.4. The monoisotopic (exact) mass is 520 g/mol. The SMILES string of the molecule is Cc1ccc(S(=O)(=O)N2Cc3ccccc3OC[C@@H]2Cc2ccc(OCN3CCCCCC3)cc2)cc1. The molecule has 0 spiro atoms. The molecule has 2 heterocycles. The van der Waals surface area contributed by atoms with E-state index >= 15 is 0 Å². The van der Waals surface area contributed by atoms with Gasteiger partial charge in [-0.25, -0.2) is 8.42 Å². The lowest BCUT2D eigenvalue weighted by molar-refractivity contribution is 0.130. The summed E-state index contributed by atoms with van der Waals surface area (Å²) in [5, 5.41) is 0. The molecule has 0 N–H and O–H groups in total. The zero-order valence-corrected chi connectivity index (χ0v) is 22.3. The summed E-state index contributed by atoms with van der Waals surface area (Å²) in [6.07, 6.45) is 5.62. The topological polar surface area (TPSA) is 59.1 Å². The summed E-state index contributed by atoms with van der Waals surface area (Å²) >= 11 is 0. The van der Waals surface area contributed by atoms with Gasteiger partial charge in [0.1, 0.15) is 24.8 Å². The fourth-order valence-electron chi connectivity index (χ4n) is 5.05. The molecular formula is C30H36N2O4S. The maximum atomic E-state index is 13.8. The number of benzene rings is 3. The van der Waals surface area contributed by atoms with Crippen LogP contribution in [-0.2, 0) is 23.0 Å². The van der Waals surface area contributed by atoms with Gasteiger partial charge in [-0.05, 0) is 62.1 Å². The number of hydrogen-bond donors (Lipinski definition) is 0. The first-order valence-corrected chi connectivity index (χ1v) is 14.7. The summed E-state index contributed by atoms with van der Waals surface area (Å²) in [5.74, 6) is 1.58. The smallest absolute Gasteiger partial charge is 0.243 e. The molecular weight excluding hydrogens is 484 g/mol. The van der Waals surface area contributed by atoms with Crippen LogP contribution in [0.2, 0.25) is 0 Å². The summed E-state index contributed by atoms with van der Waals surface area (Å²) in [5.41, 5.74) is 2.95. The van der Waals surface area contributed by atoms with E-state index in [1.54, 1.807) is 16.4 Å². The van der Waals surface area contributed by atoms with Gasteiger partial charge in [-0.3, -0.25) is 4.90 Å². The summed E-state index contributed by atoms with van der Waals surface area (Å²) in [4.78, 5) is 2.68. The third-order valence-electron chi connectivity index (χ3n) is 7.27. The minimum absolute atomic E-state index is 0.272. The van der Waals surface area contributed by atoms with Crippen LogP contribution in [0.5, 0.6) is 11.5 Å². The molecule has 0 aromatic heterocycles. The Bertz CT molecular complexity index is 1270. The lowest BCUT2D eigenvalue weighted by Gasteiger charge is -2.28. The second-order valence-electron chi connectivity index (χ2n) is 10.1. The van der Waals surface area contributed by atoms with E-state index in [4.69, 9.17) is 9.47 Å². The Morgan fingerprint density at radius 2 is 1.59 bits per heavy atom. The zero-order chi connectivity index (χ0) is 25.7. The van der Waals surface area contributed by atoms with Crippen molar-refractivity contribution < 1.29 is 17.9 Å². The van der Waals surface area contributed by atoms with Gasteiger partial charge >= 0.3 is 0 Å². The Balaban J connectivity index is 1.33. The second-order valence-corrected chi connectivity index (χ2v) is 12.0. The molecule has 1 fully saturated rings. The lowest BCUT2D eigenvalue weighted by Crippen LogP contribution is -2.43. The molecule has 37 heavy (non-hydrogen) atoms. The average molecular weight is 521 g/mol. The van der Waals surface area contributed by atoms with Crippen molar-refractivity contribution >= 4 is 10.0 Å². The molecule has 6 nitrogen and oxygen atoms in total. The minimum Gasteiger partial charge on any atom is -0.492 e. The van der Waals surface area contributed by atoms with Gasteiger partial charge < -0.3 is 9.47 Å². The van der Waals surface area contributed by atoms with Crippen LogP contribution < -0.4 is 9.47 Å². The van der Waals surface area contributed by atoms with Gasteiger partial charge in [-0.2, -0.15) is 4.31 Å². The molecule has 0 aliphatic carbocycles. The van der Waals surface area contributed by atoms with Crippen LogP contribution in [0.4, 0.5) is 0 Å². The summed E-state index contributed by atoms with van der Waals surface area (Å²) in [6.45, 7) is 5.30. The fourth-order valence-corrected chi connectivity index (χ4v) is 6.64. The molecule has 0 unspecified atom stereocenters. The normalized spacial score (nSPS) is 19.3. The first kappa shape index (κ1) is 25.8. The van der Waals surface area contributed by atoms with Gasteiger partial charge in [0.2, 0.25) is 10.0 Å². The fraction of sp³-hybridized carbons (Fsp3) is 0.400. The Kier molecular flexibility index (Phi) is 8.13. The maximum absolute atomic E-state index is 13.8. The highest BCUT2D eigenvalue weighted by atomic mass is 32.2. The lowest BCUT2D eigenvalue weighted by atomic mass is 10.1. The maximum Gasteiger partial charge on any atom is 0.243 e. The number of ether oxygens (including phenoxy) is 2. The molecule has 0 amide bonds. The highest BCUT2D eigenvalue weighted by molar-refractivity contribution is 7.89. The van der Waals surface area contributed by atoms with Crippen molar-refractivity contribution in [3.05, 3.63) is 89.5 Å².